The maximum absolute atomic E-state index is 12.9. The fourth-order valence-electron chi connectivity index (χ4n) is 3.60. The van der Waals surface area contributed by atoms with Crippen molar-refractivity contribution >= 4 is 22.9 Å². The third-order valence-corrected chi connectivity index (χ3v) is 5.20. The SMILES string of the molecule is Cc1nc2c(C#N)cnn2c(C)c1CCC(=O)NN(c1ccccc1)c1ccccc1. The van der Waals surface area contributed by atoms with Gasteiger partial charge in [-0.1, -0.05) is 36.4 Å². The number of para-hydroxylation sites is 2. The van der Waals surface area contributed by atoms with Crippen molar-refractivity contribution in [2.24, 2.45) is 0 Å². The van der Waals surface area contributed by atoms with Crippen LogP contribution < -0.4 is 10.4 Å². The molecule has 0 aliphatic carbocycles. The minimum absolute atomic E-state index is 0.107. The molecule has 4 aromatic rings. The average molecular weight is 410 g/mol. The van der Waals surface area contributed by atoms with E-state index < -0.39 is 0 Å². The summed E-state index contributed by atoms with van der Waals surface area (Å²) in [6.45, 7) is 3.83. The number of carbonyl (C=O) groups is 1. The van der Waals surface area contributed by atoms with E-state index in [4.69, 9.17) is 0 Å². The molecular formula is C24H22N6O. The van der Waals surface area contributed by atoms with Gasteiger partial charge in [-0.3, -0.25) is 15.2 Å². The van der Waals surface area contributed by atoms with Gasteiger partial charge in [-0.05, 0) is 50.1 Å². The molecule has 0 fully saturated rings. The monoisotopic (exact) mass is 410 g/mol. The molecule has 0 atom stereocenters. The molecular weight excluding hydrogens is 388 g/mol. The van der Waals surface area contributed by atoms with E-state index in [-0.39, 0.29) is 12.3 Å². The van der Waals surface area contributed by atoms with Crippen molar-refractivity contribution in [2.75, 3.05) is 5.01 Å². The molecule has 2 aromatic heterocycles. The predicted molar refractivity (Wildman–Crippen MR) is 119 cm³/mol. The summed E-state index contributed by atoms with van der Waals surface area (Å²) >= 11 is 0. The van der Waals surface area contributed by atoms with Gasteiger partial charge in [0.15, 0.2) is 5.65 Å². The standard InChI is InChI=1S/C24H22N6O/c1-17-22(18(2)29-24(27-17)19(15-25)16-26-29)13-14-23(31)28-30(20-9-5-3-6-10-20)21-11-7-4-8-12-21/h3-12,16H,13-14H2,1-2H3,(H,28,31). The van der Waals surface area contributed by atoms with Gasteiger partial charge in [0.2, 0.25) is 5.91 Å². The molecule has 2 aromatic carbocycles. The van der Waals surface area contributed by atoms with Gasteiger partial charge in [0, 0.05) is 17.8 Å². The minimum Gasteiger partial charge on any atom is -0.273 e. The Kier molecular flexibility index (Phi) is 5.63. The molecule has 0 aliphatic rings. The number of nitriles is 1. The van der Waals surface area contributed by atoms with Crippen LogP contribution >= 0.6 is 0 Å². The summed E-state index contributed by atoms with van der Waals surface area (Å²) < 4.78 is 1.67. The number of aryl methyl sites for hydroxylation is 2. The molecule has 0 bridgehead atoms. The van der Waals surface area contributed by atoms with Gasteiger partial charge in [0.1, 0.15) is 11.6 Å². The number of hydrogen-bond donors (Lipinski definition) is 1. The first-order chi connectivity index (χ1) is 15.1. The molecule has 0 aliphatic heterocycles. The molecule has 4 rings (SSSR count). The summed E-state index contributed by atoms with van der Waals surface area (Å²) in [6.07, 6.45) is 2.33. The molecule has 154 valence electrons. The van der Waals surface area contributed by atoms with E-state index in [1.165, 1.54) is 6.20 Å². The highest BCUT2D eigenvalue weighted by molar-refractivity contribution is 5.81. The topological polar surface area (TPSA) is 86.3 Å². The van der Waals surface area contributed by atoms with Crippen molar-refractivity contribution in [3.05, 3.63) is 89.4 Å². The molecule has 31 heavy (non-hydrogen) atoms. The van der Waals surface area contributed by atoms with Crippen molar-refractivity contribution in [3.8, 4) is 6.07 Å². The lowest BCUT2D eigenvalue weighted by atomic mass is 10.1. The number of hydrogen-bond acceptors (Lipinski definition) is 5. The number of nitrogens with zero attached hydrogens (tertiary/aromatic N) is 5. The first-order valence-corrected chi connectivity index (χ1v) is 10.0. The van der Waals surface area contributed by atoms with Gasteiger partial charge in [-0.2, -0.15) is 10.4 Å². The summed E-state index contributed by atoms with van der Waals surface area (Å²) in [6, 6.07) is 21.5. The Labute approximate surface area is 180 Å². The smallest absolute Gasteiger partial charge is 0.239 e. The van der Waals surface area contributed by atoms with E-state index >= 15 is 0 Å². The molecule has 2 heterocycles. The maximum Gasteiger partial charge on any atom is 0.239 e. The van der Waals surface area contributed by atoms with Crippen molar-refractivity contribution in [2.45, 2.75) is 26.7 Å². The van der Waals surface area contributed by atoms with E-state index in [0.29, 0.717) is 17.6 Å². The number of anilines is 2. The van der Waals surface area contributed by atoms with Crippen LogP contribution in [0.5, 0.6) is 0 Å². The summed E-state index contributed by atoms with van der Waals surface area (Å²) in [5, 5.41) is 15.3. The second-order valence-corrected chi connectivity index (χ2v) is 7.21. The van der Waals surface area contributed by atoms with Gasteiger partial charge in [-0.15, -0.1) is 0 Å². The van der Waals surface area contributed by atoms with Crippen LogP contribution in [-0.4, -0.2) is 20.5 Å². The van der Waals surface area contributed by atoms with Gasteiger partial charge >= 0.3 is 0 Å². The van der Waals surface area contributed by atoms with Crippen LogP contribution in [0.2, 0.25) is 0 Å². The molecule has 1 N–H and O–H groups in total. The van der Waals surface area contributed by atoms with Gasteiger partial charge < -0.3 is 0 Å². The zero-order valence-electron chi connectivity index (χ0n) is 17.4. The van der Waals surface area contributed by atoms with E-state index in [0.717, 1.165) is 28.3 Å². The third kappa shape index (κ3) is 4.09. The van der Waals surface area contributed by atoms with Crippen LogP contribution in [0.25, 0.3) is 5.65 Å². The van der Waals surface area contributed by atoms with E-state index in [9.17, 15) is 10.1 Å². The zero-order valence-corrected chi connectivity index (χ0v) is 17.4. The lowest BCUT2D eigenvalue weighted by molar-refractivity contribution is -0.121. The van der Waals surface area contributed by atoms with Crippen molar-refractivity contribution in [1.82, 2.24) is 20.0 Å². The highest BCUT2D eigenvalue weighted by Gasteiger charge is 2.16. The Morgan fingerprint density at radius 3 is 2.26 bits per heavy atom. The number of benzene rings is 2. The maximum atomic E-state index is 12.9. The van der Waals surface area contributed by atoms with Gasteiger partial charge in [-0.25, -0.2) is 9.50 Å². The number of amides is 1. The fourth-order valence-corrected chi connectivity index (χ4v) is 3.60. The van der Waals surface area contributed by atoms with E-state index in [1.54, 1.807) is 9.52 Å². The van der Waals surface area contributed by atoms with E-state index in [2.05, 4.69) is 21.6 Å². The average Bonchev–Trinajstić information content (AvgIpc) is 3.21. The second kappa shape index (κ2) is 8.67. The Bertz CT molecular complexity index is 1220. The first-order valence-electron chi connectivity index (χ1n) is 10.0. The van der Waals surface area contributed by atoms with Crippen molar-refractivity contribution < 1.29 is 4.79 Å². The number of carbonyl (C=O) groups excluding carboxylic acids is 1. The highest BCUT2D eigenvalue weighted by atomic mass is 16.2. The molecule has 0 radical (unpaired) electrons. The number of nitrogens with one attached hydrogen (secondary N) is 1. The Morgan fingerprint density at radius 2 is 1.68 bits per heavy atom. The number of hydrazine groups is 1. The number of aromatic nitrogens is 3. The third-order valence-electron chi connectivity index (χ3n) is 5.20. The van der Waals surface area contributed by atoms with Crippen LogP contribution in [0.3, 0.4) is 0 Å². The number of fused-ring (bicyclic) bond motifs is 1. The van der Waals surface area contributed by atoms with Gasteiger partial charge in [0.05, 0.1) is 17.6 Å². The van der Waals surface area contributed by atoms with Crippen molar-refractivity contribution in [1.29, 1.82) is 5.26 Å². The second-order valence-electron chi connectivity index (χ2n) is 7.21. The van der Waals surface area contributed by atoms with Gasteiger partial charge in [0.25, 0.3) is 0 Å². The lowest BCUT2D eigenvalue weighted by Gasteiger charge is -2.25. The number of rotatable bonds is 6. The normalized spacial score (nSPS) is 10.6. The molecule has 1 amide bonds. The van der Waals surface area contributed by atoms with Crippen LogP contribution in [-0.2, 0) is 11.2 Å². The molecule has 0 spiro atoms. The molecule has 7 nitrogen and oxygen atoms in total. The molecule has 7 heteroatoms. The van der Waals surface area contributed by atoms with E-state index in [1.807, 2.05) is 74.5 Å². The minimum atomic E-state index is -0.107. The summed E-state index contributed by atoms with van der Waals surface area (Å²) in [5.74, 6) is -0.107. The summed E-state index contributed by atoms with van der Waals surface area (Å²) in [4.78, 5) is 17.4. The zero-order chi connectivity index (χ0) is 21.8. The fraction of sp³-hybridized carbons (Fsp3) is 0.167. The summed E-state index contributed by atoms with van der Waals surface area (Å²) in [7, 11) is 0. The predicted octanol–water partition coefficient (Wildman–Crippen LogP) is 4.02. The first kappa shape index (κ1) is 20.1. The van der Waals surface area contributed by atoms with Crippen LogP contribution in [0.15, 0.2) is 66.9 Å². The van der Waals surface area contributed by atoms with Crippen LogP contribution in [0, 0.1) is 25.2 Å². The van der Waals surface area contributed by atoms with Crippen LogP contribution in [0.1, 0.15) is 28.9 Å². The highest BCUT2D eigenvalue weighted by Crippen LogP contribution is 2.23. The quantitative estimate of drug-likeness (QED) is 0.485. The lowest BCUT2D eigenvalue weighted by Crippen LogP contribution is -2.39. The molecule has 0 saturated heterocycles. The Hall–Kier alpha value is -4.18. The largest absolute Gasteiger partial charge is 0.273 e. The van der Waals surface area contributed by atoms with Crippen molar-refractivity contribution in [3.63, 3.8) is 0 Å². The van der Waals surface area contributed by atoms with Crippen LogP contribution in [0.4, 0.5) is 11.4 Å². The summed E-state index contributed by atoms with van der Waals surface area (Å²) in [5.41, 5.74) is 8.40. The Balaban J connectivity index is 1.54. The molecule has 0 saturated carbocycles. The molecule has 0 unspecified atom stereocenters. The Morgan fingerprint density at radius 1 is 1.06 bits per heavy atom.